The lowest BCUT2D eigenvalue weighted by Crippen LogP contribution is -2.38. The third-order valence-corrected chi connectivity index (χ3v) is 4.00. The first-order valence-corrected chi connectivity index (χ1v) is 6.46. The van der Waals surface area contributed by atoms with Crippen LogP contribution in [0.15, 0.2) is 0 Å². The zero-order chi connectivity index (χ0) is 10.4. The van der Waals surface area contributed by atoms with E-state index in [9.17, 15) is 0 Å². The molecule has 0 spiro atoms. The van der Waals surface area contributed by atoms with Gasteiger partial charge in [0.25, 0.3) is 0 Å². The van der Waals surface area contributed by atoms with Crippen molar-refractivity contribution in [3.8, 4) is 0 Å². The molecule has 1 aliphatic carbocycles. The Labute approximate surface area is 89.7 Å². The van der Waals surface area contributed by atoms with Crippen molar-refractivity contribution in [3.05, 3.63) is 0 Å². The normalized spacial score (nSPS) is 24.2. The first-order chi connectivity index (χ1) is 6.79. The highest BCUT2D eigenvalue weighted by Gasteiger charge is 2.24. The van der Waals surface area contributed by atoms with E-state index in [4.69, 9.17) is 0 Å². The van der Waals surface area contributed by atoms with Gasteiger partial charge in [-0.2, -0.15) is 0 Å². The van der Waals surface area contributed by atoms with Crippen LogP contribution >= 0.6 is 0 Å². The van der Waals surface area contributed by atoms with Gasteiger partial charge in [0.1, 0.15) is 0 Å². The fraction of sp³-hybridized carbons (Fsp3) is 1.00. The average molecular weight is 197 g/mol. The Balaban J connectivity index is 2.48. The smallest absolute Gasteiger partial charge is 0.0118 e. The van der Waals surface area contributed by atoms with E-state index in [-0.39, 0.29) is 0 Å². The van der Waals surface area contributed by atoms with E-state index in [2.05, 4.69) is 26.2 Å². The fourth-order valence-electron chi connectivity index (χ4n) is 2.91. The van der Waals surface area contributed by atoms with Crippen molar-refractivity contribution in [2.24, 2.45) is 11.8 Å². The summed E-state index contributed by atoms with van der Waals surface area (Å²) in [6.07, 6.45) is 10.1. The van der Waals surface area contributed by atoms with Crippen LogP contribution in [0.5, 0.6) is 0 Å². The lowest BCUT2D eigenvalue weighted by atomic mass is 9.83. The molecule has 0 aliphatic heterocycles. The van der Waals surface area contributed by atoms with Crippen molar-refractivity contribution in [1.29, 1.82) is 0 Å². The maximum absolute atomic E-state index is 3.55. The summed E-state index contributed by atoms with van der Waals surface area (Å²) in [4.78, 5) is 0. The van der Waals surface area contributed by atoms with E-state index in [1.54, 1.807) is 0 Å². The summed E-state index contributed by atoms with van der Waals surface area (Å²) >= 11 is 0. The second-order valence-electron chi connectivity index (χ2n) is 4.95. The molecule has 0 aromatic rings. The molecule has 2 unspecified atom stereocenters. The Hall–Kier alpha value is -0.0400. The van der Waals surface area contributed by atoms with E-state index in [1.165, 1.54) is 44.9 Å². The van der Waals surface area contributed by atoms with Gasteiger partial charge in [-0.05, 0) is 31.7 Å². The SMILES string of the molecule is CCC(C)C(NC)C1CCCCCC1. The van der Waals surface area contributed by atoms with Crippen molar-refractivity contribution in [2.75, 3.05) is 7.05 Å². The molecule has 0 heterocycles. The molecular formula is C13H27N. The molecule has 2 atom stereocenters. The second-order valence-corrected chi connectivity index (χ2v) is 4.95. The summed E-state index contributed by atoms with van der Waals surface area (Å²) in [5.41, 5.74) is 0. The van der Waals surface area contributed by atoms with E-state index >= 15 is 0 Å². The van der Waals surface area contributed by atoms with E-state index in [0.29, 0.717) is 0 Å². The number of hydrogen-bond donors (Lipinski definition) is 1. The highest BCUT2D eigenvalue weighted by atomic mass is 14.9. The van der Waals surface area contributed by atoms with Crippen LogP contribution in [0.25, 0.3) is 0 Å². The molecule has 1 aliphatic rings. The fourth-order valence-corrected chi connectivity index (χ4v) is 2.91. The number of rotatable bonds is 4. The van der Waals surface area contributed by atoms with Crippen LogP contribution in [0, 0.1) is 11.8 Å². The van der Waals surface area contributed by atoms with Gasteiger partial charge in [0, 0.05) is 6.04 Å². The van der Waals surface area contributed by atoms with Gasteiger partial charge in [0.2, 0.25) is 0 Å². The molecule has 84 valence electrons. The summed E-state index contributed by atoms with van der Waals surface area (Å²) in [5, 5.41) is 3.55. The van der Waals surface area contributed by atoms with Crippen molar-refractivity contribution in [2.45, 2.75) is 64.8 Å². The Morgan fingerprint density at radius 2 is 1.71 bits per heavy atom. The van der Waals surface area contributed by atoms with E-state index in [0.717, 1.165) is 17.9 Å². The van der Waals surface area contributed by atoms with Crippen LogP contribution in [-0.2, 0) is 0 Å². The van der Waals surface area contributed by atoms with Crippen molar-refractivity contribution < 1.29 is 0 Å². The monoisotopic (exact) mass is 197 g/mol. The Morgan fingerprint density at radius 1 is 1.14 bits per heavy atom. The van der Waals surface area contributed by atoms with Gasteiger partial charge >= 0.3 is 0 Å². The maximum Gasteiger partial charge on any atom is 0.0118 e. The predicted octanol–water partition coefficient (Wildman–Crippen LogP) is 3.59. The summed E-state index contributed by atoms with van der Waals surface area (Å²) in [5.74, 6) is 1.78. The third kappa shape index (κ3) is 3.27. The van der Waals surface area contributed by atoms with Gasteiger partial charge < -0.3 is 5.32 Å². The van der Waals surface area contributed by atoms with Gasteiger partial charge in [0.15, 0.2) is 0 Å². The highest BCUT2D eigenvalue weighted by Crippen LogP contribution is 2.29. The molecule has 0 amide bonds. The third-order valence-electron chi connectivity index (χ3n) is 4.00. The van der Waals surface area contributed by atoms with Gasteiger partial charge in [-0.25, -0.2) is 0 Å². The summed E-state index contributed by atoms with van der Waals surface area (Å²) in [6.45, 7) is 4.71. The van der Waals surface area contributed by atoms with Crippen LogP contribution in [0.2, 0.25) is 0 Å². The van der Waals surface area contributed by atoms with Gasteiger partial charge in [-0.3, -0.25) is 0 Å². The molecule has 0 aromatic heterocycles. The molecule has 0 saturated heterocycles. The summed E-state index contributed by atoms with van der Waals surface area (Å²) in [6, 6.07) is 0.762. The molecule has 1 saturated carbocycles. The largest absolute Gasteiger partial charge is 0.316 e. The zero-order valence-corrected chi connectivity index (χ0v) is 10.2. The first-order valence-electron chi connectivity index (χ1n) is 6.46. The molecule has 1 rings (SSSR count). The maximum atomic E-state index is 3.55. The quantitative estimate of drug-likeness (QED) is 0.679. The highest BCUT2D eigenvalue weighted by molar-refractivity contribution is 4.80. The Morgan fingerprint density at radius 3 is 2.14 bits per heavy atom. The van der Waals surface area contributed by atoms with Crippen LogP contribution in [0.1, 0.15) is 58.8 Å². The zero-order valence-electron chi connectivity index (χ0n) is 10.2. The van der Waals surface area contributed by atoms with Crippen molar-refractivity contribution in [3.63, 3.8) is 0 Å². The van der Waals surface area contributed by atoms with Gasteiger partial charge in [0.05, 0.1) is 0 Å². The minimum Gasteiger partial charge on any atom is -0.316 e. The van der Waals surface area contributed by atoms with Crippen LogP contribution in [0.3, 0.4) is 0 Å². The van der Waals surface area contributed by atoms with Crippen LogP contribution in [-0.4, -0.2) is 13.1 Å². The first kappa shape index (κ1) is 12.0. The molecule has 1 N–H and O–H groups in total. The number of nitrogens with one attached hydrogen (secondary N) is 1. The topological polar surface area (TPSA) is 12.0 Å². The molecular weight excluding hydrogens is 170 g/mol. The molecule has 14 heavy (non-hydrogen) atoms. The Bertz CT molecular complexity index is 136. The average Bonchev–Trinajstić information content (AvgIpc) is 2.47. The molecule has 0 aromatic carbocycles. The van der Waals surface area contributed by atoms with Crippen LogP contribution in [0.4, 0.5) is 0 Å². The summed E-state index contributed by atoms with van der Waals surface area (Å²) < 4.78 is 0. The van der Waals surface area contributed by atoms with Gasteiger partial charge in [-0.1, -0.05) is 46.0 Å². The summed E-state index contributed by atoms with van der Waals surface area (Å²) in [7, 11) is 2.14. The molecule has 1 heteroatoms. The molecule has 0 radical (unpaired) electrons. The standard InChI is InChI=1S/C13H27N/c1-4-11(2)13(14-3)12-9-7-5-6-8-10-12/h11-14H,4-10H2,1-3H3. The molecule has 1 fully saturated rings. The second kappa shape index (κ2) is 6.44. The van der Waals surface area contributed by atoms with Crippen LogP contribution < -0.4 is 5.32 Å². The molecule has 1 nitrogen and oxygen atoms in total. The minimum absolute atomic E-state index is 0.762. The van der Waals surface area contributed by atoms with Crippen molar-refractivity contribution >= 4 is 0 Å². The molecule has 0 bridgehead atoms. The minimum atomic E-state index is 0.762. The van der Waals surface area contributed by atoms with E-state index < -0.39 is 0 Å². The van der Waals surface area contributed by atoms with Gasteiger partial charge in [-0.15, -0.1) is 0 Å². The lowest BCUT2D eigenvalue weighted by molar-refractivity contribution is 0.254. The lowest BCUT2D eigenvalue weighted by Gasteiger charge is -2.30. The van der Waals surface area contributed by atoms with Crippen molar-refractivity contribution in [1.82, 2.24) is 5.32 Å². The predicted molar refractivity (Wildman–Crippen MR) is 63.5 cm³/mol. The number of hydrogen-bond acceptors (Lipinski definition) is 1. The Kier molecular flexibility index (Phi) is 5.54. The van der Waals surface area contributed by atoms with E-state index in [1.807, 2.05) is 0 Å².